The quantitative estimate of drug-likeness (QED) is 0.140. The predicted molar refractivity (Wildman–Crippen MR) is 227 cm³/mol. The Labute approximate surface area is 341 Å². The summed E-state index contributed by atoms with van der Waals surface area (Å²) in [6.07, 6.45) is 9.28. The molecule has 3 aliphatic rings. The van der Waals surface area contributed by atoms with Crippen molar-refractivity contribution in [1.29, 1.82) is 0 Å². The van der Waals surface area contributed by atoms with Crippen LogP contribution < -0.4 is 20.9 Å². The summed E-state index contributed by atoms with van der Waals surface area (Å²) in [5.74, 6) is 1.40. The number of amides is 2. The van der Waals surface area contributed by atoms with Crippen molar-refractivity contribution >= 4 is 17.5 Å². The molecule has 9 nitrogen and oxygen atoms in total. The molecule has 1 spiro atoms. The first-order valence-electron chi connectivity index (χ1n) is 21.2. The zero-order valence-electron chi connectivity index (χ0n) is 35.1. The molecule has 6 atom stereocenters. The van der Waals surface area contributed by atoms with Crippen LogP contribution in [0.15, 0.2) is 53.3 Å². The molecule has 2 amide bonds. The summed E-state index contributed by atoms with van der Waals surface area (Å²) in [5.41, 5.74) is 7.33. The van der Waals surface area contributed by atoms with Gasteiger partial charge < -0.3 is 25.0 Å². The van der Waals surface area contributed by atoms with Gasteiger partial charge in [-0.25, -0.2) is 9.37 Å². The Hall–Kier alpha value is -4.83. The number of rotatable bonds is 11. The molecule has 308 valence electrons. The molecule has 58 heavy (non-hydrogen) atoms. The summed E-state index contributed by atoms with van der Waals surface area (Å²) in [5, 5.41) is 15.8. The number of nitrogens with one attached hydrogen (secondary N) is 2. The minimum Gasteiger partial charge on any atom is -0.481 e. The van der Waals surface area contributed by atoms with Crippen molar-refractivity contribution < 1.29 is 23.8 Å². The highest BCUT2D eigenvalue weighted by Gasteiger charge is 2.46. The number of halogens is 1. The van der Waals surface area contributed by atoms with Gasteiger partial charge in [0.1, 0.15) is 11.4 Å². The lowest BCUT2D eigenvalue weighted by atomic mass is 9.64. The number of hydrogen-bond donors (Lipinski definition) is 3. The number of methoxy groups -OCH3 is 1. The van der Waals surface area contributed by atoms with Crippen LogP contribution >= 0.6 is 0 Å². The van der Waals surface area contributed by atoms with Crippen LogP contribution in [-0.4, -0.2) is 45.7 Å². The van der Waals surface area contributed by atoms with E-state index in [2.05, 4.69) is 30.5 Å². The Kier molecular flexibility index (Phi) is 12.0. The molecule has 3 N–H and O–H groups in total. The lowest BCUT2D eigenvalue weighted by Gasteiger charge is -2.49. The number of aliphatic hydroxyl groups is 1. The molecule has 1 saturated heterocycles. The Morgan fingerprint density at radius 1 is 1.09 bits per heavy atom. The Balaban J connectivity index is 1.10. The summed E-state index contributed by atoms with van der Waals surface area (Å²) < 4.78 is 23.4. The molecule has 1 aliphatic heterocycles. The molecular formula is C48H59FN4O5. The van der Waals surface area contributed by atoms with E-state index < -0.39 is 5.91 Å². The van der Waals surface area contributed by atoms with E-state index in [1.807, 2.05) is 26.8 Å². The molecule has 2 aliphatic carbocycles. The van der Waals surface area contributed by atoms with E-state index in [1.165, 1.54) is 21.8 Å². The van der Waals surface area contributed by atoms with Crippen molar-refractivity contribution in [1.82, 2.24) is 14.9 Å². The Morgan fingerprint density at radius 3 is 2.57 bits per heavy atom. The number of benzene rings is 2. The molecule has 1 saturated carbocycles. The summed E-state index contributed by atoms with van der Waals surface area (Å²) in [4.78, 5) is 44.6. The molecule has 4 unspecified atom stereocenters. The monoisotopic (exact) mass is 790 g/mol. The first kappa shape index (κ1) is 41.3. The molecule has 2 aromatic heterocycles. The zero-order chi connectivity index (χ0) is 41.5. The van der Waals surface area contributed by atoms with Gasteiger partial charge in [0.05, 0.1) is 12.8 Å². The molecular weight excluding hydrogens is 732 g/mol. The number of aliphatic hydroxyl groups excluding tert-OH is 1. The summed E-state index contributed by atoms with van der Waals surface area (Å²) in [6, 6.07) is 14.2. The highest BCUT2D eigenvalue weighted by atomic mass is 19.1. The third-order valence-corrected chi connectivity index (χ3v) is 14.1. The second-order valence-electron chi connectivity index (χ2n) is 17.4. The number of hydrogen-bond acceptors (Lipinski definition) is 6. The van der Waals surface area contributed by atoms with Crippen molar-refractivity contribution in [3.05, 3.63) is 98.2 Å². The van der Waals surface area contributed by atoms with Crippen LogP contribution in [-0.2, 0) is 24.7 Å². The highest BCUT2D eigenvalue weighted by molar-refractivity contribution is 6.05. The fraction of sp³-hybridized carbons (Fsp3) is 0.500. The number of carbonyl (C=O) groups is 2. The number of ether oxygens (including phenoxy) is 1. The largest absolute Gasteiger partial charge is 0.481 e. The van der Waals surface area contributed by atoms with E-state index in [4.69, 9.17) is 9.72 Å². The smallest absolute Gasteiger partial charge is 0.263 e. The van der Waals surface area contributed by atoms with Crippen LogP contribution in [0.25, 0.3) is 22.4 Å². The van der Waals surface area contributed by atoms with E-state index in [-0.39, 0.29) is 46.8 Å². The molecule has 7 rings (SSSR count). The lowest BCUT2D eigenvalue weighted by Crippen LogP contribution is -2.58. The number of pyridine rings is 2. The molecule has 0 bridgehead atoms. The average Bonchev–Trinajstić information content (AvgIpc) is 3.60. The van der Waals surface area contributed by atoms with Crippen molar-refractivity contribution in [2.24, 2.45) is 30.7 Å². The number of carbonyl (C=O) groups excluding carboxylic acids is 2. The Bertz CT molecular complexity index is 2290. The van der Waals surface area contributed by atoms with Crippen molar-refractivity contribution in [3.63, 3.8) is 0 Å². The highest BCUT2D eigenvalue weighted by Crippen LogP contribution is 2.50. The number of anilines is 1. The minimum atomic E-state index is -0.514. The fourth-order valence-corrected chi connectivity index (χ4v) is 10.6. The first-order chi connectivity index (χ1) is 27.8. The van der Waals surface area contributed by atoms with Crippen molar-refractivity contribution in [2.75, 3.05) is 19.0 Å². The van der Waals surface area contributed by atoms with Crippen LogP contribution in [0.1, 0.15) is 116 Å². The second kappa shape index (κ2) is 16.8. The van der Waals surface area contributed by atoms with Crippen LogP contribution in [0.4, 0.5) is 10.1 Å². The summed E-state index contributed by atoms with van der Waals surface area (Å²) in [6.45, 7) is 10.3. The molecule has 10 heteroatoms. The van der Waals surface area contributed by atoms with Crippen LogP contribution in [0, 0.1) is 43.3 Å². The topological polar surface area (TPSA) is 123 Å². The van der Waals surface area contributed by atoms with Gasteiger partial charge in [-0.05, 0) is 160 Å². The van der Waals surface area contributed by atoms with E-state index in [1.54, 1.807) is 44.5 Å². The van der Waals surface area contributed by atoms with Gasteiger partial charge in [-0.3, -0.25) is 14.4 Å². The second-order valence-corrected chi connectivity index (χ2v) is 17.4. The van der Waals surface area contributed by atoms with Crippen LogP contribution in [0.2, 0.25) is 0 Å². The summed E-state index contributed by atoms with van der Waals surface area (Å²) >= 11 is 0. The number of nitrogens with zero attached hydrogens (tertiary/aromatic N) is 2. The van der Waals surface area contributed by atoms with Crippen LogP contribution in [0.3, 0.4) is 0 Å². The predicted octanol–water partition coefficient (Wildman–Crippen LogP) is 8.83. The Morgan fingerprint density at radius 2 is 1.86 bits per heavy atom. The maximum absolute atomic E-state index is 15.9. The maximum Gasteiger partial charge on any atom is 0.263 e. The molecule has 3 heterocycles. The van der Waals surface area contributed by atoms with Gasteiger partial charge in [0.2, 0.25) is 11.8 Å². The minimum absolute atomic E-state index is 0.0149. The first-order valence-corrected chi connectivity index (χ1v) is 21.2. The van der Waals surface area contributed by atoms with Gasteiger partial charge in [0, 0.05) is 53.2 Å². The van der Waals surface area contributed by atoms with E-state index in [0.29, 0.717) is 58.9 Å². The fourth-order valence-electron chi connectivity index (χ4n) is 10.6. The lowest BCUT2D eigenvalue weighted by molar-refractivity contribution is -0.133. The van der Waals surface area contributed by atoms with Crippen molar-refractivity contribution in [2.45, 2.75) is 110 Å². The number of piperidine rings is 1. The third-order valence-electron chi connectivity index (χ3n) is 14.1. The molecule has 2 aromatic carbocycles. The van der Waals surface area contributed by atoms with E-state index in [0.717, 1.165) is 73.9 Å². The average molecular weight is 791 g/mol. The van der Waals surface area contributed by atoms with Gasteiger partial charge in [0.25, 0.3) is 11.5 Å². The van der Waals surface area contributed by atoms with Gasteiger partial charge in [-0.15, -0.1) is 0 Å². The van der Waals surface area contributed by atoms with Gasteiger partial charge >= 0.3 is 0 Å². The van der Waals surface area contributed by atoms with E-state index >= 15 is 4.39 Å². The van der Waals surface area contributed by atoms with Gasteiger partial charge in [-0.2, -0.15) is 0 Å². The number of aromatic nitrogens is 2. The SMILES string of the molecule is CCc1ccc(C(=O)Nc2cccc(-c3c(F)ccc(-c4cc5c(c(OC)n4)[C@@H](CC4CC[C@@]6(CCC(C(C)CCO)C(=O)N6)CC4C)CC5)c3C)c2C)c(=O)n1C. The molecule has 4 aromatic rings. The van der Waals surface area contributed by atoms with Gasteiger partial charge in [0.15, 0.2) is 0 Å². The maximum atomic E-state index is 15.9. The van der Waals surface area contributed by atoms with E-state index in [9.17, 15) is 19.5 Å². The zero-order valence-corrected chi connectivity index (χ0v) is 35.1. The van der Waals surface area contributed by atoms with Crippen LogP contribution in [0.5, 0.6) is 5.88 Å². The number of fused-ring (bicyclic) bond motifs is 1. The van der Waals surface area contributed by atoms with Crippen molar-refractivity contribution in [3.8, 4) is 28.3 Å². The molecule has 2 fully saturated rings. The van der Waals surface area contributed by atoms with Gasteiger partial charge in [-0.1, -0.05) is 32.9 Å². The molecule has 0 radical (unpaired) electrons. The summed E-state index contributed by atoms with van der Waals surface area (Å²) in [7, 11) is 3.34. The standard InChI is InChI=1S/C48H59FN4O5/c1-8-34-14-15-38(47(57)53(34)6)44(55)50-40-11-9-10-37(29(40)4)42-30(5)36(16-17-39(42)49)41-25-33-13-12-32(43(33)46(51-41)58-7)24-31-18-21-48(26-28(31)3)22-19-35(45(56)52-48)27(2)20-23-54/h9-11,14-17,25,27-28,31-32,35,54H,8,12-13,18-24,26H2,1-7H3,(H,50,55)(H,52,56)/t27?,28?,31?,32-,35?,48-/m1/s1. The number of aryl methyl sites for hydroxylation is 2. The third kappa shape index (κ3) is 7.72. The normalized spacial score (nSPS) is 23.4.